The van der Waals surface area contributed by atoms with Crippen molar-refractivity contribution in [3.05, 3.63) is 0 Å². The topological polar surface area (TPSA) is 55.8 Å². The standard InChI is InChI=1S/C6H9NO4/c1-2-10-5(8)7-3-4-11-6(7)9/h2-4H2,1H3. The van der Waals surface area contributed by atoms with E-state index >= 15 is 0 Å². The van der Waals surface area contributed by atoms with Crippen LogP contribution in [0.2, 0.25) is 0 Å². The quantitative estimate of drug-likeness (QED) is 0.562. The summed E-state index contributed by atoms with van der Waals surface area (Å²) in [4.78, 5) is 22.5. The highest BCUT2D eigenvalue weighted by atomic mass is 16.6. The third-order valence-electron chi connectivity index (χ3n) is 1.25. The molecular formula is C6H9NO4. The number of carbonyl (C=O) groups excluding carboxylic acids is 2. The Hall–Kier alpha value is -1.26. The van der Waals surface area contributed by atoms with Crippen LogP contribution in [-0.4, -0.2) is 36.8 Å². The van der Waals surface area contributed by atoms with Gasteiger partial charge in [0.05, 0.1) is 13.2 Å². The van der Waals surface area contributed by atoms with E-state index in [-0.39, 0.29) is 19.8 Å². The minimum Gasteiger partial charge on any atom is -0.449 e. The van der Waals surface area contributed by atoms with Gasteiger partial charge in [-0.1, -0.05) is 0 Å². The van der Waals surface area contributed by atoms with Crippen molar-refractivity contribution < 1.29 is 19.1 Å². The lowest BCUT2D eigenvalue weighted by molar-refractivity contribution is 0.114. The molecule has 0 aromatic heterocycles. The van der Waals surface area contributed by atoms with Crippen molar-refractivity contribution in [2.75, 3.05) is 19.8 Å². The molecule has 1 rings (SSSR count). The molecule has 5 nitrogen and oxygen atoms in total. The molecule has 0 aromatic rings. The fourth-order valence-corrected chi connectivity index (χ4v) is 0.761. The summed E-state index contributed by atoms with van der Waals surface area (Å²) >= 11 is 0. The van der Waals surface area contributed by atoms with Crippen LogP contribution < -0.4 is 0 Å². The number of amides is 2. The van der Waals surface area contributed by atoms with Crippen molar-refractivity contribution in [3.63, 3.8) is 0 Å². The first-order chi connectivity index (χ1) is 5.25. The Morgan fingerprint density at radius 1 is 1.82 bits per heavy atom. The first kappa shape index (κ1) is 7.84. The molecule has 0 radical (unpaired) electrons. The Morgan fingerprint density at radius 3 is 3.00 bits per heavy atom. The minimum absolute atomic E-state index is 0.262. The molecule has 1 heterocycles. The summed E-state index contributed by atoms with van der Waals surface area (Å²) in [6, 6.07) is 0. The second-order valence-corrected chi connectivity index (χ2v) is 1.96. The molecule has 1 aliphatic rings. The maximum atomic E-state index is 10.9. The third-order valence-corrected chi connectivity index (χ3v) is 1.25. The lowest BCUT2D eigenvalue weighted by Gasteiger charge is -2.08. The van der Waals surface area contributed by atoms with Gasteiger partial charge in [0.25, 0.3) is 0 Å². The van der Waals surface area contributed by atoms with Gasteiger partial charge in [-0.2, -0.15) is 0 Å². The van der Waals surface area contributed by atoms with Crippen molar-refractivity contribution in [1.29, 1.82) is 0 Å². The SMILES string of the molecule is CCOC(=O)N1CCOC1=O. The van der Waals surface area contributed by atoms with Crippen molar-refractivity contribution in [3.8, 4) is 0 Å². The number of ether oxygens (including phenoxy) is 2. The van der Waals surface area contributed by atoms with Crippen LogP contribution in [-0.2, 0) is 9.47 Å². The molecule has 11 heavy (non-hydrogen) atoms. The number of hydrogen-bond acceptors (Lipinski definition) is 4. The monoisotopic (exact) mass is 159 g/mol. The summed E-state index contributed by atoms with van der Waals surface area (Å²) in [5.74, 6) is 0. The Labute approximate surface area is 63.9 Å². The summed E-state index contributed by atoms with van der Waals surface area (Å²) in [6.07, 6.45) is -1.25. The molecule has 0 aliphatic carbocycles. The second-order valence-electron chi connectivity index (χ2n) is 1.96. The molecule has 0 unspecified atom stereocenters. The summed E-state index contributed by atoms with van der Waals surface area (Å²) in [5, 5.41) is 0. The molecule has 0 spiro atoms. The molecule has 1 aliphatic heterocycles. The minimum atomic E-state index is -0.630. The summed E-state index contributed by atoms with van der Waals surface area (Å²) < 4.78 is 9.10. The number of nitrogens with zero attached hydrogens (tertiary/aromatic N) is 1. The highest BCUT2D eigenvalue weighted by Gasteiger charge is 2.29. The molecular weight excluding hydrogens is 150 g/mol. The molecule has 0 aromatic carbocycles. The fourth-order valence-electron chi connectivity index (χ4n) is 0.761. The van der Waals surface area contributed by atoms with Crippen LogP contribution in [0.1, 0.15) is 6.92 Å². The summed E-state index contributed by atoms with van der Waals surface area (Å²) in [7, 11) is 0. The Balaban J connectivity index is 2.46. The highest BCUT2D eigenvalue weighted by molar-refractivity contribution is 5.88. The van der Waals surface area contributed by atoms with Crippen molar-refractivity contribution in [2.24, 2.45) is 0 Å². The van der Waals surface area contributed by atoms with Crippen LogP contribution in [0, 0.1) is 0 Å². The molecule has 1 fully saturated rings. The van der Waals surface area contributed by atoms with E-state index in [0.717, 1.165) is 4.90 Å². The smallest absolute Gasteiger partial charge is 0.419 e. The van der Waals surface area contributed by atoms with Gasteiger partial charge in [-0.25, -0.2) is 14.5 Å². The zero-order valence-electron chi connectivity index (χ0n) is 6.20. The van der Waals surface area contributed by atoms with Crippen LogP contribution in [0.15, 0.2) is 0 Å². The van der Waals surface area contributed by atoms with E-state index in [4.69, 9.17) is 0 Å². The molecule has 0 saturated carbocycles. The molecule has 5 heteroatoms. The van der Waals surface area contributed by atoms with Crippen molar-refractivity contribution in [1.82, 2.24) is 4.90 Å². The predicted molar refractivity (Wildman–Crippen MR) is 35.1 cm³/mol. The van der Waals surface area contributed by atoms with Crippen LogP contribution >= 0.6 is 0 Å². The van der Waals surface area contributed by atoms with Gasteiger partial charge in [0, 0.05) is 0 Å². The number of rotatable bonds is 1. The van der Waals surface area contributed by atoms with Crippen molar-refractivity contribution in [2.45, 2.75) is 6.92 Å². The second kappa shape index (κ2) is 3.23. The Morgan fingerprint density at radius 2 is 2.55 bits per heavy atom. The number of cyclic esters (lactones) is 1. The first-order valence-corrected chi connectivity index (χ1v) is 3.36. The Kier molecular flexibility index (Phi) is 2.30. The van der Waals surface area contributed by atoms with Crippen LogP contribution in [0.25, 0.3) is 0 Å². The van der Waals surface area contributed by atoms with E-state index in [1.165, 1.54) is 0 Å². The van der Waals surface area contributed by atoms with Crippen LogP contribution in [0.4, 0.5) is 9.59 Å². The largest absolute Gasteiger partial charge is 0.449 e. The maximum Gasteiger partial charge on any atom is 0.419 e. The number of hydrogen-bond donors (Lipinski definition) is 0. The van der Waals surface area contributed by atoms with Crippen LogP contribution in [0.5, 0.6) is 0 Å². The lowest BCUT2D eigenvalue weighted by Crippen LogP contribution is -2.32. The predicted octanol–water partition coefficient (Wildman–Crippen LogP) is 0.595. The number of carbonyl (C=O) groups is 2. The summed E-state index contributed by atoms with van der Waals surface area (Å²) in [5.41, 5.74) is 0. The van der Waals surface area contributed by atoms with Gasteiger partial charge in [0.2, 0.25) is 0 Å². The molecule has 1 saturated heterocycles. The lowest BCUT2D eigenvalue weighted by atomic mass is 10.6. The van der Waals surface area contributed by atoms with Gasteiger partial charge in [-0.05, 0) is 6.92 Å². The van der Waals surface area contributed by atoms with Gasteiger partial charge in [-0.15, -0.1) is 0 Å². The maximum absolute atomic E-state index is 10.9. The normalized spacial score (nSPS) is 16.5. The van der Waals surface area contributed by atoms with E-state index < -0.39 is 12.2 Å². The van der Waals surface area contributed by atoms with E-state index in [2.05, 4.69) is 9.47 Å². The van der Waals surface area contributed by atoms with Crippen LogP contribution in [0.3, 0.4) is 0 Å². The summed E-state index contributed by atoms with van der Waals surface area (Å²) in [6.45, 7) is 2.50. The van der Waals surface area contributed by atoms with Gasteiger partial charge in [0.15, 0.2) is 0 Å². The van der Waals surface area contributed by atoms with E-state index in [0.29, 0.717) is 0 Å². The average Bonchev–Trinajstić information content (AvgIpc) is 2.36. The average molecular weight is 159 g/mol. The number of imide groups is 1. The first-order valence-electron chi connectivity index (χ1n) is 3.36. The van der Waals surface area contributed by atoms with Gasteiger partial charge in [-0.3, -0.25) is 0 Å². The van der Waals surface area contributed by atoms with Gasteiger partial charge >= 0.3 is 12.2 Å². The van der Waals surface area contributed by atoms with Gasteiger partial charge in [0.1, 0.15) is 6.61 Å². The van der Waals surface area contributed by atoms with Crippen molar-refractivity contribution >= 4 is 12.2 Å². The van der Waals surface area contributed by atoms with E-state index in [9.17, 15) is 9.59 Å². The molecule has 0 atom stereocenters. The zero-order valence-corrected chi connectivity index (χ0v) is 6.20. The molecule has 0 bridgehead atoms. The molecule has 62 valence electrons. The van der Waals surface area contributed by atoms with E-state index in [1.54, 1.807) is 6.92 Å². The van der Waals surface area contributed by atoms with Gasteiger partial charge < -0.3 is 9.47 Å². The fraction of sp³-hybridized carbons (Fsp3) is 0.667. The molecule has 0 N–H and O–H groups in total. The third kappa shape index (κ3) is 1.60. The highest BCUT2D eigenvalue weighted by Crippen LogP contribution is 2.04. The molecule has 2 amide bonds. The zero-order chi connectivity index (χ0) is 8.27. The van der Waals surface area contributed by atoms with E-state index in [1.807, 2.05) is 0 Å². The Bertz CT molecular complexity index is 179.